The minimum absolute atomic E-state index is 0.0355. The molecule has 1 unspecified atom stereocenters. The van der Waals surface area contributed by atoms with Gasteiger partial charge in [-0.3, -0.25) is 0 Å². The van der Waals surface area contributed by atoms with Crippen molar-refractivity contribution in [2.45, 2.75) is 20.8 Å². The highest BCUT2D eigenvalue weighted by Gasteiger charge is 2.16. The van der Waals surface area contributed by atoms with Crippen LogP contribution in [0.5, 0.6) is 0 Å². The zero-order valence-electron chi connectivity index (χ0n) is 7.42. The van der Waals surface area contributed by atoms with E-state index < -0.39 is 9.73 Å². The van der Waals surface area contributed by atoms with E-state index in [0.717, 1.165) is 0 Å². The van der Waals surface area contributed by atoms with E-state index in [9.17, 15) is 4.21 Å². The van der Waals surface area contributed by atoms with E-state index in [-0.39, 0.29) is 5.41 Å². The fourth-order valence-electron chi connectivity index (χ4n) is 0.922. The van der Waals surface area contributed by atoms with Crippen LogP contribution in [-0.2, 0) is 9.73 Å². The van der Waals surface area contributed by atoms with Gasteiger partial charge in [-0.05, 0) is 5.41 Å². The molecule has 0 aliphatic rings. The van der Waals surface area contributed by atoms with E-state index in [1.54, 1.807) is 6.19 Å². The molecule has 0 rings (SSSR count). The maximum absolute atomic E-state index is 11.4. The third-order valence-corrected chi connectivity index (χ3v) is 2.80. The van der Waals surface area contributed by atoms with Crippen LogP contribution < -0.4 is 0 Å². The largest absolute Gasteiger partial charge is 0.249 e. The minimum atomic E-state index is -2.28. The van der Waals surface area contributed by atoms with Crippen LogP contribution in [0.15, 0.2) is 4.36 Å². The Morgan fingerprint density at radius 3 is 2.27 bits per heavy atom. The van der Waals surface area contributed by atoms with E-state index in [4.69, 9.17) is 5.26 Å². The molecule has 64 valence electrons. The van der Waals surface area contributed by atoms with Gasteiger partial charge < -0.3 is 0 Å². The van der Waals surface area contributed by atoms with Crippen molar-refractivity contribution in [2.75, 3.05) is 12.0 Å². The Bertz CT molecular complexity index is 274. The average molecular weight is 174 g/mol. The first-order valence-corrected chi connectivity index (χ1v) is 5.44. The molecule has 4 heteroatoms. The van der Waals surface area contributed by atoms with Crippen molar-refractivity contribution in [1.29, 1.82) is 5.26 Å². The van der Waals surface area contributed by atoms with Crippen molar-refractivity contribution in [3.63, 3.8) is 0 Å². The van der Waals surface area contributed by atoms with Crippen LogP contribution in [0, 0.1) is 16.9 Å². The van der Waals surface area contributed by atoms with Crippen molar-refractivity contribution in [3.05, 3.63) is 0 Å². The van der Waals surface area contributed by atoms with E-state index in [1.165, 1.54) is 6.26 Å². The maximum atomic E-state index is 11.4. The molecule has 0 radical (unpaired) electrons. The SMILES string of the molecule is CC(C)(C)CS(C)(=O)=NC#N. The second kappa shape index (κ2) is 3.22. The second-order valence-electron chi connectivity index (χ2n) is 3.86. The topological polar surface area (TPSA) is 53.2 Å². The molecule has 0 aliphatic carbocycles. The lowest BCUT2D eigenvalue weighted by molar-refractivity contribution is 0.473. The van der Waals surface area contributed by atoms with Crippen molar-refractivity contribution in [2.24, 2.45) is 9.78 Å². The molecule has 11 heavy (non-hydrogen) atoms. The van der Waals surface area contributed by atoms with Gasteiger partial charge in [-0.2, -0.15) is 5.26 Å². The number of rotatable bonds is 1. The molecule has 1 atom stereocenters. The smallest absolute Gasteiger partial charge is 0.214 e. The lowest BCUT2D eigenvalue weighted by Crippen LogP contribution is -2.19. The number of nitriles is 1. The molecule has 0 amide bonds. The summed E-state index contributed by atoms with van der Waals surface area (Å²) in [6, 6.07) is 0. The number of nitrogens with zero attached hydrogens (tertiary/aromatic N) is 2. The third kappa shape index (κ3) is 5.86. The van der Waals surface area contributed by atoms with Gasteiger partial charge in [-0.15, -0.1) is 4.36 Å². The summed E-state index contributed by atoms with van der Waals surface area (Å²) in [4.78, 5) is 0. The first-order chi connectivity index (χ1) is 4.77. The summed E-state index contributed by atoms with van der Waals surface area (Å²) in [6.45, 7) is 5.93. The van der Waals surface area contributed by atoms with Gasteiger partial charge in [0.25, 0.3) is 0 Å². The lowest BCUT2D eigenvalue weighted by atomic mass is 10.0. The average Bonchev–Trinajstić information content (AvgIpc) is 1.55. The summed E-state index contributed by atoms with van der Waals surface area (Å²) in [5, 5.41) is 8.20. The summed E-state index contributed by atoms with van der Waals surface area (Å²) < 4.78 is 14.8. The van der Waals surface area contributed by atoms with Crippen LogP contribution in [-0.4, -0.2) is 16.2 Å². The molecule has 3 nitrogen and oxygen atoms in total. The summed E-state index contributed by atoms with van der Waals surface area (Å²) in [6.07, 6.45) is 3.10. The Morgan fingerprint density at radius 2 is 2.00 bits per heavy atom. The molecule has 0 aliphatic heterocycles. The molecule has 0 saturated carbocycles. The monoisotopic (exact) mass is 174 g/mol. The van der Waals surface area contributed by atoms with Crippen LogP contribution in [0.2, 0.25) is 0 Å². The molecule has 0 saturated heterocycles. The first kappa shape index (κ1) is 10.4. The van der Waals surface area contributed by atoms with E-state index in [2.05, 4.69) is 4.36 Å². The molecule has 0 heterocycles. The van der Waals surface area contributed by atoms with Gasteiger partial charge in [0.2, 0.25) is 6.19 Å². The Labute approximate surface area is 68.6 Å². The van der Waals surface area contributed by atoms with Crippen LogP contribution in [0.4, 0.5) is 0 Å². The van der Waals surface area contributed by atoms with Gasteiger partial charge in [-0.25, -0.2) is 4.21 Å². The van der Waals surface area contributed by atoms with Gasteiger partial charge >= 0.3 is 0 Å². The quantitative estimate of drug-likeness (QED) is 0.567. The Balaban J connectivity index is 4.55. The fraction of sp³-hybridized carbons (Fsp3) is 0.857. The normalized spacial score (nSPS) is 16.6. The van der Waals surface area contributed by atoms with E-state index in [1.807, 2.05) is 20.8 Å². The van der Waals surface area contributed by atoms with Crippen LogP contribution in [0.25, 0.3) is 0 Å². The predicted octanol–water partition coefficient (Wildman–Crippen LogP) is 1.61. The highest BCUT2D eigenvalue weighted by Crippen LogP contribution is 2.16. The summed E-state index contributed by atoms with van der Waals surface area (Å²) in [7, 11) is -2.28. The molecular formula is C7H14N2OS. The van der Waals surface area contributed by atoms with Gasteiger partial charge in [0.15, 0.2) is 0 Å². The summed E-state index contributed by atoms with van der Waals surface area (Å²) in [5.41, 5.74) is -0.0355. The van der Waals surface area contributed by atoms with Crippen LogP contribution in [0.1, 0.15) is 20.8 Å². The van der Waals surface area contributed by atoms with Crippen LogP contribution >= 0.6 is 0 Å². The number of hydrogen-bond acceptors (Lipinski definition) is 3. The van der Waals surface area contributed by atoms with E-state index >= 15 is 0 Å². The van der Waals surface area contributed by atoms with Gasteiger partial charge in [-0.1, -0.05) is 20.8 Å². The van der Waals surface area contributed by atoms with Crippen molar-refractivity contribution in [3.8, 4) is 6.19 Å². The fourth-order valence-corrected chi connectivity index (χ4v) is 2.77. The molecular weight excluding hydrogens is 160 g/mol. The zero-order valence-corrected chi connectivity index (χ0v) is 8.23. The standard InChI is InChI=1S/C7H14N2OS/c1-7(2,3)5-11(4,10)9-6-8/h5H2,1-4H3. The lowest BCUT2D eigenvalue weighted by Gasteiger charge is -2.17. The molecule has 0 aromatic heterocycles. The summed E-state index contributed by atoms with van der Waals surface area (Å²) >= 11 is 0. The maximum Gasteiger partial charge on any atom is 0.214 e. The molecule has 0 spiro atoms. The molecule has 0 N–H and O–H groups in total. The Morgan fingerprint density at radius 1 is 1.55 bits per heavy atom. The van der Waals surface area contributed by atoms with Crippen LogP contribution in [0.3, 0.4) is 0 Å². The van der Waals surface area contributed by atoms with Crippen molar-refractivity contribution in [1.82, 2.24) is 0 Å². The van der Waals surface area contributed by atoms with Crippen molar-refractivity contribution >= 4 is 9.73 Å². The first-order valence-electron chi connectivity index (χ1n) is 3.35. The Hall–Kier alpha value is -0.560. The number of hydrogen-bond donors (Lipinski definition) is 0. The van der Waals surface area contributed by atoms with Gasteiger partial charge in [0, 0.05) is 12.0 Å². The molecule has 0 aromatic carbocycles. The van der Waals surface area contributed by atoms with Crippen molar-refractivity contribution < 1.29 is 4.21 Å². The Kier molecular flexibility index (Phi) is 3.06. The predicted molar refractivity (Wildman–Crippen MR) is 46.4 cm³/mol. The van der Waals surface area contributed by atoms with Gasteiger partial charge in [0.05, 0.1) is 9.73 Å². The summed E-state index contributed by atoms with van der Waals surface area (Å²) in [5.74, 6) is 0.466. The van der Waals surface area contributed by atoms with Gasteiger partial charge in [0.1, 0.15) is 0 Å². The third-order valence-electron chi connectivity index (χ3n) is 0.935. The molecule has 0 fully saturated rings. The van der Waals surface area contributed by atoms with E-state index in [0.29, 0.717) is 5.75 Å². The highest BCUT2D eigenvalue weighted by atomic mass is 32.2. The molecule has 0 bridgehead atoms. The molecule has 0 aromatic rings. The second-order valence-corrected chi connectivity index (χ2v) is 6.25. The zero-order chi connectivity index (χ0) is 9.12. The minimum Gasteiger partial charge on any atom is -0.249 e. The highest BCUT2D eigenvalue weighted by molar-refractivity contribution is 7.93.